The fraction of sp³-hybridized carbons (Fsp3) is 0.125. The highest BCUT2D eigenvalue weighted by Gasteiger charge is 2.18. The summed E-state index contributed by atoms with van der Waals surface area (Å²) in [7, 11) is 1.39. The molecule has 0 aliphatic carbocycles. The van der Waals surface area contributed by atoms with Gasteiger partial charge in [0.2, 0.25) is 0 Å². The summed E-state index contributed by atoms with van der Waals surface area (Å²) in [5.41, 5.74) is 1.33. The first-order chi connectivity index (χ1) is 10.8. The lowest BCUT2D eigenvalue weighted by atomic mass is 10.1. The SMILES string of the molecule is COc1c(Cl)cc(Cl)cc1C(=O)Nc1cc(C(=O)O)ccc1C. The summed E-state index contributed by atoms with van der Waals surface area (Å²) in [6.45, 7) is 1.75. The van der Waals surface area contributed by atoms with Crippen molar-refractivity contribution in [2.24, 2.45) is 0 Å². The minimum Gasteiger partial charge on any atom is -0.494 e. The molecule has 0 unspecified atom stereocenters. The van der Waals surface area contributed by atoms with Crippen molar-refractivity contribution < 1.29 is 19.4 Å². The molecule has 0 heterocycles. The Morgan fingerprint density at radius 3 is 2.48 bits per heavy atom. The molecule has 2 rings (SSSR count). The van der Waals surface area contributed by atoms with Gasteiger partial charge in [-0.25, -0.2) is 4.79 Å². The van der Waals surface area contributed by atoms with E-state index in [-0.39, 0.29) is 26.9 Å². The van der Waals surface area contributed by atoms with Crippen LogP contribution in [-0.2, 0) is 0 Å². The van der Waals surface area contributed by atoms with Crippen LogP contribution >= 0.6 is 23.2 Å². The largest absolute Gasteiger partial charge is 0.494 e. The van der Waals surface area contributed by atoms with E-state index < -0.39 is 11.9 Å². The highest BCUT2D eigenvalue weighted by molar-refractivity contribution is 6.36. The Hall–Kier alpha value is -2.24. The van der Waals surface area contributed by atoms with Gasteiger partial charge in [0.05, 0.1) is 23.3 Å². The number of methoxy groups -OCH3 is 1. The smallest absolute Gasteiger partial charge is 0.335 e. The average molecular weight is 354 g/mol. The summed E-state index contributed by atoms with van der Waals surface area (Å²) < 4.78 is 5.14. The number of carbonyl (C=O) groups is 2. The lowest BCUT2D eigenvalue weighted by Crippen LogP contribution is -2.15. The van der Waals surface area contributed by atoms with Gasteiger partial charge in [-0.2, -0.15) is 0 Å². The molecule has 0 fully saturated rings. The van der Waals surface area contributed by atoms with Gasteiger partial charge in [0.25, 0.3) is 5.91 Å². The van der Waals surface area contributed by atoms with Crippen LogP contribution in [0.2, 0.25) is 10.0 Å². The fourth-order valence-electron chi connectivity index (χ4n) is 2.02. The van der Waals surface area contributed by atoms with E-state index in [0.29, 0.717) is 5.69 Å². The minimum absolute atomic E-state index is 0.0713. The third-order valence-corrected chi connectivity index (χ3v) is 3.69. The third kappa shape index (κ3) is 3.75. The topological polar surface area (TPSA) is 75.6 Å². The number of aryl methyl sites for hydroxylation is 1. The van der Waals surface area contributed by atoms with E-state index in [1.54, 1.807) is 13.0 Å². The van der Waals surface area contributed by atoms with Gasteiger partial charge in [0.1, 0.15) is 5.75 Å². The zero-order chi connectivity index (χ0) is 17.1. The van der Waals surface area contributed by atoms with Crippen molar-refractivity contribution in [1.29, 1.82) is 0 Å². The monoisotopic (exact) mass is 353 g/mol. The van der Waals surface area contributed by atoms with Crippen LogP contribution in [0.1, 0.15) is 26.3 Å². The molecule has 120 valence electrons. The summed E-state index contributed by atoms with van der Waals surface area (Å²) in [6.07, 6.45) is 0. The Morgan fingerprint density at radius 2 is 1.87 bits per heavy atom. The first kappa shape index (κ1) is 17.1. The first-order valence-corrected chi connectivity index (χ1v) is 7.27. The van der Waals surface area contributed by atoms with Gasteiger partial charge < -0.3 is 15.2 Å². The van der Waals surface area contributed by atoms with Crippen molar-refractivity contribution in [3.05, 3.63) is 57.1 Å². The molecule has 2 aromatic carbocycles. The van der Waals surface area contributed by atoms with Gasteiger partial charge >= 0.3 is 5.97 Å². The molecule has 0 atom stereocenters. The van der Waals surface area contributed by atoms with E-state index in [1.807, 2.05) is 0 Å². The Balaban J connectivity index is 2.40. The number of amides is 1. The lowest BCUT2D eigenvalue weighted by molar-refractivity contribution is 0.0696. The summed E-state index contributed by atoms with van der Waals surface area (Å²) in [4.78, 5) is 23.5. The maximum absolute atomic E-state index is 12.5. The predicted octanol–water partition coefficient (Wildman–Crippen LogP) is 4.26. The predicted molar refractivity (Wildman–Crippen MR) is 89.1 cm³/mol. The highest BCUT2D eigenvalue weighted by Crippen LogP contribution is 2.33. The first-order valence-electron chi connectivity index (χ1n) is 6.51. The number of carboxylic acids is 1. The second kappa shape index (κ2) is 6.89. The Bertz CT molecular complexity index is 790. The molecule has 0 aliphatic rings. The number of ether oxygens (including phenoxy) is 1. The molecule has 0 aliphatic heterocycles. The molecule has 7 heteroatoms. The normalized spacial score (nSPS) is 10.3. The maximum Gasteiger partial charge on any atom is 0.335 e. The molecule has 0 bridgehead atoms. The zero-order valence-corrected chi connectivity index (χ0v) is 13.8. The van der Waals surface area contributed by atoms with E-state index >= 15 is 0 Å². The minimum atomic E-state index is -1.08. The molecular weight excluding hydrogens is 341 g/mol. The number of halogens is 2. The molecule has 2 aromatic rings. The van der Waals surface area contributed by atoms with Crippen LogP contribution < -0.4 is 10.1 Å². The number of nitrogens with one attached hydrogen (secondary N) is 1. The summed E-state index contributed by atoms with van der Waals surface area (Å²) >= 11 is 11.9. The van der Waals surface area contributed by atoms with Crippen LogP contribution in [0.25, 0.3) is 0 Å². The van der Waals surface area contributed by atoms with Gasteiger partial charge in [-0.1, -0.05) is 29.3 Å². The molecule has 0 aromatic heterocycles. The Morgan fingerprint density at radius 1 is 1.17 bits per heavy atom. The zero-order valence-electron chi connectivity index (χ0n) is 12.3. The molecule has 0 saturated heterocycles. The van der Waals surface area contributed by atoms with Crippen LogP contribution in [0.15, 0.2) is 30.3 Å². The molecule has 1 amide bonds. The van der Waals surface area contributed by atoms with Crippen molar-refractivity contribution in [3.63, 3.8) is 0 Å². The third-order valence-electron chi connectivity index (χ3n) is 3.19. The molecule has 5 nitrogen and oxygen atoms in total. The van der Waals surface area contributed by atoms with Gasteiger partial charge in [0, 0.05) is 10.7 Å². The van der Waals surface area contributed by atoms with Gasteiger partial charge in [-0.3, -0.25) is 4.79 Å². The number of rotatable bonds is 4. The van der Waals surface area contributed by atoms with Gasteiger partial charge in [0.15, 0.2) is 0 Å². The summed E-state index contributed by atoms with van der Waals surface area (Å²) in [5, 5.41) is 12.2. The lowest BCUT2D eigenvalue weighted by Gasteiger charge is -2.13. The summed E-state index contributed by atoms with van der Waals surface area (Å²) in [5.74, 6) is -1.39. The molecule has 0 radical (unpaired) electrons. The van der Waals surface area contributed by atoms with E-state index in [4.69, 9.17) is 33.0 Å². The number of anilines is 1. The van der Waals surface area contributed by atoms with E-state index in [1.165, 1.54) is 31.4 Å². The van der Waals surface area contributed by atoms with Crippen LogP contribution in [0, 0.1) is 6.92 Å². The fourth-order valence-corrected chi connectivity index (χ4v) is 2.59. The number of benzene rings is 2. The quantitative estimate of drug-likeness (QED) is 0.860. The van der Waals surface area contributed by atoms with Gasteiger partial charge in [-0.15, -0.1) is 0 Å². The molecule has 23 heavy (non-hydrogen) atoms. The van der Waals surface area contributed by atoms with Gasteiger partial charge in [-0.05, 0) is 36.8 Å². The Labute approximate surface area is 142 Å². The van der Waals surface area contributed by atoms with E-state index in [9.17, 15) is 9.59 Å². The van der Waals surface area contributed by atoms with E-state index in [0.717, 1.165) is 5.56 Å². The second-order valence-corrected chi connectivity index (χ2v) is 5.60. The van der Waals surface area contributed by atoms with Crippen LogP contribution in [0.4, 0.5) is 5.69 Å². The molecular formula is C16H13Cl2NO4. The maximum atomic E-state index is 12.5. The highest BCUT2D eigenvalue weighted by atomic mass is 35.5. The van der Waals surface area contributed by atoms with Crippen LogP contribution in [-0.4, -0.2) is 24.1 Å². The number of hydrogen-bond donors (Lipinski definition) is 2. The Kier molecular flexibility index (Phi) is 5.13. The van der Waals surface area contributed by atoms with Crippen molar-refractivity contribution >= 4 is 40.8 Å². The molecule has 0 saturated carbocycles. The molecule has 0 spiro atoms. The van der Waals surface area contributed by atoms with Crippen LogP contribution in [0.5, 0.6) is 5.75 Å². The van der Waals surface area contributed by atoms with E-state index in [2.05, 4.69) is 5.32 Å². The summed E-state index contributed by atoms with van der Waals surface area (Å²) in [6, 6.07) is 7.35. The number of hydrogen-bond acceptors (Lipinski definition) is 3. The average Bonchev–Trinajstić information content (AvgIpc) is 2.48. The number of carbonyl (C=O) groups excluding carboxylic acids is 1. The standard InChI is InChI=1S/C16H13Cl2NO4/c1-8-3-4-9(16(21)22)5-13(8)19-15(20)11-6-10(17)7-12(18)14(11)23-2/h3-7H,1-2H3,(H,19,20)(H,21,22). The number of carboxylic acid groups (broad SMARTS) is 1. The van der Waals surface area contributed by atoms with Crippen LogP contribution in [0.3, 0.4) is 0 Å². The van der Waals surface area contributed by atoms with Crippen molar-refractivity contribution in [2.45, 2.75) is 6.92 Å². The molecule has 2 N–H and O–H groups in total. The second-order valence-electron chi connectivity index (χ2n) is 4.76. The van der Waals surface area contributed by atoms with Crippen molar-refractivity contribution in [1.82, 2.24) is 0 Å². The van der Waals surface area contributed by atoms with Crippen molar-refractivity contribution in [3.8, 4) is 5.75 Å². The number of aromatic carboxylic acids is 1. The van der Waals surface area contributed by atoms with Crippen molar-refractivity contribution in [2.75, 3.05) is 12.4 Å².